The van der Waals surface area contributed by atoms with Crippen LogP contribution in [0.25, 0.3) is 0 Å². The number of ether oxygens (including phenoxy) is 2. The first kappa shape index (κ1) is 23.5. The third kappa shape index (κ3) is 5.35. The van der Waals surface area contributed by atoms with Gasteiger partial charge in [0, 0.05) is 23.9 Å². The number of rotatable bonds is 8. The number of carboxylic acid groups (broad SMARTS) is 1. The number of carbonyl (C=O) groups is 1. The summed E-state index contributed by atoms with van der Waals surface area (Å²) in [7, 11) is 1.58. The van der Waals surface area contributed by atoms with Crippen LogP contribution in [0.4, 0.5) is 16.3 Å². The summed E-state index contributed by atoms with van der Waals surface area (Å²) in [6.07, 6.45) is 1.76. The molecule has 1 N–H and O–H groups in total. The number of pyridine rings is 2. The molecule has 1 aromatic carbocycles. The second-order valence-corrected chi connectivity index (χ2v) is 7.95. The Labute approximate surface area is 190 Å². The number of hydrogen-bond donors (Lipinski definition) is 1. The lowest BCUT2D eigenvalue weighted by atomic mass is 9.93. The molecule has 10 nitrogen and oxygen atoms in total. The Morgan fingerprint density at radius 2 is 1.97 bits per heavy atom. The van der Waals surface area contributed by atoms with Crippen LogP contribution in [0.2, 0.25) is 0 Å². The molecule has 172 valence electrons. The van der Waals surface area contributed by atoms with Crippen molar-refractivity contribution >= 4 is 17.6 Å². The maximum absolute atomic E-state index is 12.1. The Balaban J connectivity index is 1.81. The second-order valence-electron chi connectivity index (χ2n) is 7.95. The smallest absolute Gasteiger partial charge is 0.412 e. The van der Waals surface area contributed by atoms with Crippen molar-refractivity contribution in [1.82, 2.24) is 9.97 Å². The van der Waals surface area contributed by atoms with Crippen LogP contribution in [0.1, 0.15) is 25.0 Å². The van der Waals surface area contributed by atoms with Gasteiger partial charge < -0.3 is 24.7 Å². The topological polar surface area (TPSA) is 128 Å². The first-order chi connectivity index (χ1) is 15.6. The molecule has 33 heavy (non-hydrogen) atoms. The SMILES string of the molecule is COc1cc(Oc2ccc(CC(C)(C)N(C(=O)O)c3cccnc3[N+](=O)[O-])cn2)ccc1C. The number of aryl methyl sites for hydroxylation is 1. The maximum Gasteiger partial charge on any atom is 0.412 e. The normalized spacial score (nSPS) is 11.0. The molecule has 0 bridgehead atoms. The molecule has 0 aliphatic carbocycles. The van der Waals surface area contributed by atoms with E-state index in [0.29, 0.717) is 17.4 Å². The van der Waals surface area contributed by atoms with Gasteiger partial charge in [-0.05, 0) is 66.4 Å². The van der Waals surface area contributed by atoms with Gasteiger partial charge >= 0.3 is 11.9 Å². The quantitative estimate of drug-likeness (QED) is 0.373. The zero-order chi connectivity index (χ0) is 24.2. The molecule has 0 aliphatic rings. The monoisotopic (exact) mass is 452 g/mol. The molecule has 3 aromatic rings. The highest BCUT2D eigenvalue weighted by Crippen LogP contribution is 2.33. The Hall–Kier alpha value is -4.21. The number of benzene rings is 1. The Bertz CT molecular complexity index is 1160. The largest absolute Gasteiger partial charge is 0.496 e. The summed E-state index contributed by atoms with van der Waals surface area (Å²) in [4.78, 5) is 31.7. The molecular formula is C23H24N4O6. The lowest BCUT2D eigenvalue weighted by Crippen LogP contribution is -2.49. The maximum atomic E-state index is 12.1. The minimum absolute atomic E-state index is 0.0961. The number of nitrogens with zero attached hydrogens (tertiary/aromatic N) is 4. The summed E-state index contributed by atoms with van der Waals surface area (Å²) in [6, 6.07) is 11.7. The third-order valence-electron chi connectivity index (χ3n) is 5.01. The second kappa shape index (κ2) is 9.51. The number of methoxy groups -OCH3 is 1. The molecule has 0 saturated carbocycles. The van der Waals surface area contributed by atoms with Crippen LogP contribution in [-0.2, 0) is 6.42 Å². The average molecular weight is 452 g/mol. The van der Waals surface area contributed by atoms with E-state index in [0.717, 1.165) is 16.0 Å². The average Bonchev–Trinajstić information content (AvgIpc) is 2.76. The predicted molar refractivity (Wildman–Crippen MR) is 121 cm³/mol. The minimum atomic E-state index is -1.32. The van der Waals surface area contributed by atoms with Gasteiger partial charge in [0.15, 0.2) is 0 Å². The molecule has 0 fully saturated rings. The van der Waals surface area contributed by atoms with Gasteiger partial charge in [0.25, 0.3) is 0 Å². The Kier molecular flexibility index (Phi) is 6.76. The summed E-state index contributed by atoms with van der Waals surface area (Å²) in [5.74, 6) is 1.10. The van der Waals surface area contributed by atoms with Crippen LogP contribution in [-0.4, -0.2) is 38.7 Å². The minimum Gasteiger partial charge on any atom is -0.496 e. The third-order valence-corrected chi connectivity index (χ3v) is 5.01. The number of aromatic nitrogens is 2. The van der Waals surface area contributed by atoms with Crippen LogP contribution >= 0.6 is 0 Å². The van der Waals surface area contributed by atoms with Crippen LogP contribution in [0.3, 0.4) is 0 Å². The number of hydrogen-bond acceptors (Lipinski definition) is 7. The van der Waals surface area contributed by atoms with Gasteiger partial charge in [-0.15, -0.1) is 0 Å². The molecule has 2 aromatic heterocycles. The van der Waals surface area contributed by atoms with E-state index in [2.05, 4.69) is 9.97 Å². The molecule has 0 unspecified atom stereocenters. The highest BCUT2D eigenvalue weighted by atomic mass is 16.6. The lowest BCUT2D eigenvalue weighted by Gasteiger charge is -2.36. The molecule has 10 heteroatoms. The first-order valence-electron chi connectivity index (χ1n) is 10.0. The van der Waals surface area contributed by atoms with Crippen molar-refractivity contribution in [2.24, 2.45) is 0 Å². The molecule has 2 heterocycles. The van der Waals surface area contributed by atoms with Crippen molar-refractivity contribution in [3.8, 4) is 17.4 Å². The first-order valence-corrected chi connectivity index (χ1v) is 10.0. The van der Waals surface area contributed by atoms with Crippen LogP contribution in [0.15, 0.2) is 54.9 Å². The fraction of sp³-hybridized carbons (Fsp3) is 0.261. The fourth-order valence-corrected chi connectivity index (χ4v) is 3.53. The fourth-order valence-electron chi connectivity index (χ4n) is 3.53. The van der Waals surface area contributed by atoms with Gasteiger partial charge in [-0.3, -0.25) is 4.90 Å². The molecule has 3 rings (SSSR count). The van der Waals surface area contributed by atoms with Gasteiger partial charge in [-0.1, -0.05) is 12.1 Å². The van der Waals surface area contributed by atoms with E-state index in [-0.39, 0.29) is 12.1 Å². The van der Waals surface area contributed by atoms with Crippen LogP contribution < -0.4 is 14.4 Å². The van der Waals surface area contributed by atoms with Gasteiger partial charge in [-0.25, -0.2) is 9.78 Å². The predicted octanol–water partition coefficient (Wildman–Crippen LogP) is 5.00. The van der Waals surface area contributed by atoms with E-state index < -0.39 is 22.4 Å². The van der Waals surface area contributed by atoms with E-state index >= 15 is 0 Å². The molecule has 0 saturated heterocycles. The van der Waals surface area contributed by atoms with Gasteiger partial charge in [0.05, 0.1) is 7.11 Å². The summed E-state index contributed by atoms with van der Waals surface area (Å²) in [5, 5.41) is 21.2. The summed E-state index contributed by atoms with van der Waals surface area (Å²) in [6.45, 7) is 5.29. The van der Waals surface area contributed by atoms with Crippen molar-refractivity contribution < 1.29 is 24.3 Å². The summed E-state index contributed by atoms with van der Waals surface area (Å²) >= 11 is 0. The van der Waals surface area contributed by atoms with Gasteiger partial charge in [0.2, 0.25) is 5.88 Å². The van der Waals surface area contributed by atoms with E-state index in [1.165, 1.54) is 18.3 Å². The number of amides is 1. The van der Waals surface area contributed by atoms with Crippen LogP contribution in [0, 0.1) is 17.0 Å². The highest BCUT2D eigenvalue weighted by molar-refractivity contribution is 5.90. The number of nitro groups is 1. The molecular weight excluding hydrogens is 428 g/mol. The molecule has 0 spiro atoms. The van der Waals surface area contributed by atoms with Crippen molar-refractivity contribution in [3.05, 3.63) is 76.1 Å². The van der Waals surface area contributed by atoms with E-state index in [9.17, 15) is 20.0 Å². The van der Waals surface area contributed by atoms with E-state index in [1.807, 2.05) is 19.1 Å². The van der Waals surface area contributed by atoms with E-state index in [1.54, 1.807) is 45.4 Å². The van der Waals surface area contributed by atoms with Crippen molar-refractivity contribution in [1.29, 1.82) is 0 Å². The van der Waals surface area contributed by atoms with Crippen LogP contribution in [0.5, 0.6) is 17.4 Å². The van der Waals surface area contributed by atoms with Crippen molar-refractivity contribution in [2.45, 2.75) is 32.7 Å². The van der Waals surface area contributed by atoms with Crippen molar-refractivity contribution in [3.63, 3.8) is 0 Å². The summed E-state index contributed by atoms with van der Waals surface area (Å²) < 4.78 is 11.1. The standard InChI is InChI=1S/C23H24N4O6/c1-15-7-9-17(12-19(15)32-4)33-20-10-8-16(14-25-20)13-23(2,3)26(22(28)29)18-6-5-11-24-21(18)27(30)31/h5-12,14H,13H2,1-4H3,(H,28,29). The zero-order valence-corrected chi connectivity index (χ0v) is 18.7. The molecule has 1 amide bonds. The highest BCUT2D eigenvalue weighted by Gasteiger charge is 2.37. The lowest BCUT2D eigenvalue weighted by molar-refractivity contribution is -0.388. The Morgan fingerprint density at radius 3 is 2.58 bits per heavy atom. The molecule has 0 aliphatic heterocycles. The Morgan fingerprint density at radius 1 is 1.21 bits per heavy atom. The molecule has 0 radical (unpaired) electrons. The van der Waals surface area contributed by atoms with Crippen molar-refractivity contribution in [2.75, 3.05) is 12.0 Å². The van der Waals surface area contributed by atoms with Gasteiger partial charge in [0.1, 0.15) is 23.4 Å². The number of anilines is 1. The van der Waals surface area contributed by atoms with E-state index in [4.69, 9.17) is 9.47 Å². The summed E-state index contributed by atoms with van der Waals surface area (Å²) in [5.41, 5.74) is 0.577. The van der Waals surface area contributed by atoms with Gasteiger partial charge in [-0.2, -0.15) is 0 Å². The molecule has 0 atom stereocenters. The zero-order valence-electron chi connectivity index (χ0n) is 18.7.